The van der Waals surface area contributed by atoms with Gasteiger partial charge in [0.2, 0.25) is 15.9 Å². The molecule has 1 N–H and O–H groups in total. The maximum Gasteiger partial charge on any atom is 0.410 e. The Morgan fingerprint density at radius 1 is 0.927 bits per heavy atom. The zero-order chi connectivity index (χ0) is 38.9. The Kier molecular flexibility index (Phi) is 9.26. The van der Waals surface area contributed by atoms with Crippen LogP contribution in [0.25, 0.3) is 22.2 Å². The van der Waals surface area contributed by atoms with Crippen LogP contribution in [0.1, 0.15) is 104 Å². The van der Waals surface area contributed by atoms with Gasteiger partial charge in [-0.25, -0.2) is 17.9 Å². The Hall–Kier alpha value is -4.84. The first-order chi connectivity index (χ1) is 26.2. The third kappa shape index (κ3) is 6.87. The first kappa shape index (κ1) is 37.1. The summed E-state index contributed by atoms with van der Waals surface area (Å²) in [7, 11) is -2.13. The van der Waals surface area contributed by atoms with Gasteiger partial charge in [-0.1, -0.05) is 55.7 Å². The molecule has 0 spiro atoms. The van der Waals surface area contributed by atoms with Crippen LogP contribution in [0, 0.1) is 5.41 Å². The van der Waals surface area contributed by atoms with Crippen LogP contribution in [-0.4, -0.2) is 79.3 Å². The van der Waals surface area contributed by atoms with Crippen molar-refractivity contribution in [3.63, 3.8) is 0 Å². The quantitative estimate of drug-likeness (QED) is 0.217. The fourth-order valence-electron chi connectivity index (χ4n) is 9.41. The number of carbonyl (C=O) groups excluding carboxylic acids is 3. The molecule has 290 valence electrons. The van der Waals surface area contributed by atoms with Crippen molar-refractivity contribution in [2.75, 3.05) is 33.0 Å². The molecule has 1 aromatic heterocycles. The van der Waals surface area contributed by atoms with Gasteiger partial charge in [0.25, 0.3) is 5.91 Å². The average Bonchev–Trinajstić information content (AvgIpc) is 3.83. The molecule has 3 amide bonds. The molecule has 1 saturated heterocycles. The molecule has 2 aliphatic carbocycles. The minimum Gasteiger partial charge on any atom is -0.497 e. The number of ether oxygens (including phenoxy) is 2. The first-order valence-electron chi connectivity index (χ1n) is 19.4. The van der Waals surface area contributed by atoms with Gasteiger partial charge in [0, 0.05) is 54.1 Å². The SMILES string of the molecule is COc1ccc2c(c1)C1CC1(C(=O)N1CCN(C(=O)OC(C)(C)C)C[C@@H]1c1ccccc1)Cn1c-2c(C2CCCCC2)c2ccc(C(=O)NS(C)(=O)=O)cc21. The number of nitrogens with zero attached hydrogens (tertiary/aromatic N) is 3. The molecule has 2 aliphatic heterocycles. The van der Waals surface area contributed by atoms with E-state index in [-0.39, 0.29) is 23.4 Å². The summed E-state index contributed by atoms with van der Waals surface area (Å²) in [5.74, 6) is 0.271. The third-order valence-corrected chi connectivity index (χ3v) is 12.5. The average molecular weight is 767 g/mol. The summed E-state index contributed by atoms with van der Waals surface area (Å²) >= 11 is 0. The molecule has 3 aromatic carbocycles. The number of sulfonamides is 1. The van der Waals surface area contributed by atoms with E-state index in [0.717, 1.165) is 71.0 Å². The van der Waals surface area contributed by atoms with Gasteiger partial charge in [0.15, 0.2) is 0 Å². The highest BCUT2D eigenvalue weighted by molar-refractivity contribution is 7.89. The molecule has 0 radical (unpaired) electrons. The van der Waals surface area contributed by atoms with Crippen LogP contribution < -0.4 is 9.46 Å². The molecule has 12 heteroatoms. The van der Waals surface area contributed by atoms with Gasteiger partial charge in [-0.2, -0.15) is 0 Å². The fraction of sp³-hybridized carbons (Fsp3) is 0.465. The number of carbonyl (C=O) groups is 3. The molecular weight excluding hydrogens is 717 g/mol. The van der Waals surface area contributed by atoms with E-state index in [1.807, 2.05) is 68.1 Å². The molecule has 0 bridgehead atoms. The lowest BCUT2D eigenvalue weighted by Crippen LogP contribution is -2.55. The maximum absolute atomic E-state index is 15.5. The summed E-state index contributed by atoms with van der Waals surface area (Å²) in [6, 6.07) is 21.1. The second kappa shape index (κ2) is 13.7. The van der Waals surface area contributed by atoms with Gasteiger partial charge >= 0.3 is 6.09 Å². The van der Waals surface area contributed by atoms with E-state index in [2.05, 4.69) is 21.4 Å². The van der Waals surface area contributed by atoms with Crippen molar-refractivity contribution in [3.05, 3.63) is 89.0 Å². The number of fused-ring (bicyclic) bond motifs is 7. The van der Waals surface area contributed by atoms with Crippen molar-refractivity contribution in [2.45, 2.75) is 89.3 Å². The number of benzene rings is 3. The summed E-state index contributed by atoms with van der Waals surface area (Å²) in [5, 5.41) is 1.02. The Morgan fingerprint density at radius 2 is 1.67 bits per heavy atom. The second-order valence-electron chi connectivity index (χ2n) is 16.8. The summed E-state index contributed by atoms with van der Waals surface area (Å²) in [6.07, 6.45) is 6.74. The van der Waals surface area contributed by atoms with E-state index < -0.39 is 33.0 Å². The Labute approximate surface area is 323 Å². The molecule has 3 heterocycles. The molecule has 11 nitrogen and oxygen atoms in total. The largest absolute Gasteiger partial charge is 0.497 e. The number of piperazine rings is 1. The van der Waals surface area contributed by atoms with Crippen LogP contribution in [-0.2, 0) is 26.1 Å². The zero-order valence-corrected chi connectivity index (χ0v) is 33.1. The van der Waals surface area contributed by atoms with E-state index in [1.165, 1.54) is 12.0 Å². The van der Waals surface area contributed by atoms with Gasteiger partial charge in [0.05, 0.1) is 30.5 Å². The minimum atomic E-state index is -3.79. The van der Waals surface area contributed by atoms with Gasteiger partial charge in [-0.15, -0.1) is 0 Å². The van der Waals surface area contributed by atoms with Crippen LogP contribution in [0.4, 0.5) is 4.79 Å². The lowest BCUT2D eigenvalue weighted by atomic mass is 9.81. The summed E-state index contributed by atoms with van der Waals surface area (Å²) in [5.41, 5.74) is 4.96. The monoisotopic (exact) mass is 766 g/mol. The Morgan fingerprint density at radius 3 is 2.36 bits per heavy atom. The Balaban J connectivity index is 1.27. The van der Waals surface area contributed by atoms with Crippen molar-refractivity contribution in [2.24, 2.45) is 5.41 Å². The van der Waals surface area contributed by atoms with Gasteiger partial charge in [-0.3, -0.25) is 9.59 Å². The first-order valence-corrected chi connectivity index (χ1v) is 21.3. The summed E-state index contributed by atoms with van der Waals surface area (Å²) < 4.78 is 40.1. The van der Waals surface area contributed by atoms with Crippen LogP contribution in [0.3, 0.4) is 0 Å². The van der Waals surface area contributed by atoms with Crippen molar-refractivity contribution in [1.29, 1.82) is 0 Å². The predicted molar refractivity (Wildman–Crippen MR) is 211 cm³/mol. The fourth-order valence-corrected chi connectivity index (χ4v) is 9.87. The van der Waals surface area contributed by atoms with E-state index >= 15 is 4.79 Å². The van der Waals surface area contributed by atoms with E-state index in [1.54, 1.807) is 24.1 Å². The van der Waals surface area contributed by atoms with Crippen LogP contribution in [0.15, 0.2) is 66.7 Å². The van der Waals surface area contributed by atoms with Gasteiger partial charge in [-0.05, 0) is 93.0 Å². The van der Waals surface area contributed by atoms with E-state index in [9.17, 15) is 18.0 Å². The van der Waals surface area contributed by atoms with E-state index in [0.29, 0.717) is 38.5 Å². The summed E-state index contributed by atoms with van der Waals surface area (Å²) in [4.78, 5) is 45.8. The highest BCUT2D eigenvalue weighted by atomic mass is 32.2. The number of amides is 3. The number of hydrogen-bond acceptors (Lipinski definition) is 7. The second-order valence-corrected chi connectivity index (χ2v) is 18.6. The molecule has 3 fully saturated rings. The number of aromatic nitrogens is 1. The zero-order valence-electron chi connectivity index (χ0n) is 32.3. The Bertz CT molecular complexity index is 2290. The highest BCUT2D eigenvalue weighted by Crippen LogP contribution is 2.66. The third-order valence-electron chi connectivity index (χ3n) is 12.0. The molecule has 55 heavy (non-hydrogen) atoms. The molecule has 2 saturated carbocycles. The van der Waals surface area contributed by atoms with Gasteiger partial charge < -0.3 is 23.8 Å². The lowest BCUT2D eigenvalue weighted by molar-refractivity contribution is -0.143. The molecule has 3 atom stereocenters. The van der Waals surface area contributed by atoms with Crippen molar-refractivity contribution < 1.29 is 32.3 Å². The van der Waals surface area contributed by atoms with Crippen molar-refractivity contribution >= 4 is 38.8 Å². The normalized spacial score (nSPS) is 22.6. The standard InChI is InChI=1S/C43H50N4O7S/c1-42(2,3)54-41(50)45-20-21-46(36(25-45)27-12-8-6-9-13-27)40(49)43-24-34(43)33-23-30(53-4)17-19-31(33)38-37(28-14-10-7-11-15-28)32-18-16-29(22-35(32)47(38)26-43)39(48)44-55(5,51)52/h6,8-9,12-13,16-19,22-23,28,34,36H,7,10-11,14-15,20-21,24-26H2,1-5H3,(H,44,48)/t34?,36-,43?/m1/s1. The van der Waals surface area contributed by atoms with Crippen LogP contribution >= 0.6 is 0 Å². The minimum absolute atomic E-state index is 0.0313. The maximum atomic E-state index is 15.5. The molecule has 4 aromatic rings. The van der Waals surface area contributed by atoms with Crippen molar-refractivity contribution in [1.82, 2.24) is 19.1 Å². The van der Waals surface area contributed by atoms with Crippen molar-refractivity contribution in [3.8, 4) is 17.0 Å². The number of rotatable bonds is 6. The summed E-state index contributed by atoms with van der Waals surface area (Å²) in [6.45, 7) is 6.94. The number of hydrogen-bond donors (Lipinski definition) is 1. The topological polar surface area (TPSA) is 127 Å². The predicted octanol–water partition coefficient (Wildman–Crippen LogP) is 7.36. The molecule has 8 rings (SSSR count). The van der Waals surface area contributed by atoms with Gasteiger partial charge in [0.1, 0.15) is 11.4 Å². The molecule has 4 aliphatic rings. The van der Waals surface area contributed by atoms with E-state index in [4.69, 9.17) is 9.47 Å². The molecular formula is C43H50N4O7S. The number of methoxy groups -OCH3 is 1. The highest BCUT2D eigenvalue weighted by Gasteiger charge is 2.64. The van der Waals surface area contributed by atoms with Crippen LogP contribution in [0.5, 0.6) is 5.75 Å². The number of nitrogens with one attached hydrogen (secondary N) is 1. The van der Waals surface area contributed by atoms with Crippen LogP contribution in [0.2, 0.25) is 0 Å². The molecule has 2 unspecified atom stereocenters. The smallest absolute Gasteiger partial charge is 0.410 e. The lowest BCUT2D eigenvalue weighted by Gasteiger charge is -2.43.